The lowest BCUT2D eigenvalue weighted by atomic mass is 10.1. The molecule has 1 unspecified atom stereocenters. The first kappa shape index (κ1) is 16.3. The Morgan fingerprint density at radius 2 is 2.00 bits per heavy atom. The lowest BCUT2D eigenvalue weighted by molar-refractivity contribution is 0.282. The summed E-state index contributed by atoms with van der Waals surface area (Å²) in [5, 5.41) is 12.3. The number of hydrogen-bond donors (Lipinski definition) is 2. The third-order valence-electron chi connectivity index (χ3n) is 3.55. The SMILES string of the molecule is CCCNC(CC)c1ccn(CCCCCCO)c1. The van der Waals surface area contributed by atoms with Crippen molar-refractivity contribution in [2.75, 3.05) is 13.2 Å². The van der Waals surface area contributed by atoms with E-state index in [0.29, 0.717) is 12.6 Å². The molecule has 110 valence electrons. The summed E-state index contributed by atoms with van der Waals surface area (Å²) in [6.45, 7) is 6.95. The summed E-state index contributed by atoms with van der Waals surface area (Å²) in [5.41, 5.74) is 1.41. The molecule has 3 heteroatoms. The van der Waals surface area contributed by atoms with E-state index in [1.54, 1.807) is 0 Å². The Hall–Kier alpha value is -0.800. The van der Waals surface area contributed by atoms with Crippen LogP contribution in [-0.4, -0.2) is 22.8 Å². The van der Waals surface area contributed by atoms with E-state index in [9.17, 15) is 0 Å². The van der Waals surface area contributed by atoms with Crippen LogP contribution >= 0.6 is 0 Å². The predicted octanol–water partition coefficient (Wildman–Crippen LogP) is 3.49. The van der Waals surface area contributed by atoms with Crippen molar-refractivity contribution >= 4 is 0 Å². The minimum Gasteiger partial charge on any atom is -0.396 e. The number of aromatic nitrogens is 1. The topological polar surface area (TPSA) is 37.2 Å². The maximum Gasteiger partial charge on any atom is 0.0431 e. The molecule has 0 spiro atoms. The Bertz CT molecular complexity index is 322. The van der Waals surface area contributed by atoms with Crippen LogP contribution in [0.15, 0.2) is 18.5 Å². The molecule has 0 aliphatic rings. The van der Waals surface area contributed by atoms with Gasteiger partial charge in [0.25, 0.3) is 0 Å². The molecule has 19 heavy (non-hydrogen) atoms. The van der Waals surface area contributed by atoms with Crippen molar-refractivity contribution in [3.05, 3.63) is 24.0 Å². The van der Waals surface area contributed by atoms with Crippen molar-refractivity contribution in [3.8, 4) is 0 Å². The number of hydrogen-bond acceptors (Lipinski definition) is 2. The maximum absolute atomic E-state index is 8.73. The van der Waals surface area contributed by atoms with Gasteiger partial charge in [0.1, 0.15) is 0 Å². The van der Waals surface area contributed by atoms with E-state index >= 15 is 0 Å². The highest BCUT2D eigenvalue weighted by Gasteiger charge is 2.09. The van der Waals surface area contributed by atoms with Gasteiger partial charge in [-0.1, -0.05) is 26.7 Å². The molecule has 0 aliphatic heterocycles. The lowest BCUT2D eigenvalue weighted by Gasteiger charge is -2.15. The Morgan fingerprint density at radius 3 is 2.68 bits per heavy atom. The van der Waals surface area contributed by atoms with E-state index in [-0.39, 0.29) is 0 Å². The molecule has 0 bridgehead atoms. The van der Waals surface area contributed by atoms with E-state index < -0.39 is 0 Å². The highest BCUT2D eigenvalue weighted by Crippen LogP contribution is 2.17. The van der Waals surface area contributed by atoms with E-state index in [2.05, 4.69) is 42.2 Å². The van der Waals surface area contributed by atoms with Gasteiger partial charge < -0.3 is 15.0 Å². The second-order valence-electron chi connectivity index (χ2n) is 5.24. The van der Waals surface area contributed by atoms with Crippen LogP contribution in [0.4, 0.5) is 0 Å². The number of unbranched alkanes of at least 4 members (excludes halogenated alkanes) is 3. The first-order valence-electron chi connectivity index (χ1n) is 7.81. The van der Waals surface area contributed by atoms with Gasteiger partial charge in [0.05, 0.1) is 0 Å². The molecular weight excluding hydrogens is 236 g/mol. The van der Waals surface area contributed by atoms with Crippen LogP contribution in [0.5, 0.6) is 0 Å². The van der Waals surface area contributed by atoms with E-state index in [0.717, 1.165) is 32.4 Å². The summed E-state index contributed by atoms with van der Waals surface area (Å²) < 4.78 is 2.30. The molecule has 2 N–H and O–H groups in total. The summed E-state index contributed by atoms with van der Waals surface area (Å²) in [6.07, 6.45) is 11.3. The van der Waals surface area contributed by atoms with Gasteiger partial charge in [-0.2, -0.15) is 0 Å². The fraction of sp³-hybridized carbons (Fsp3) is 0.750. The largest absolute Gasteiger partial charge is 0.396 e. The smallest absolute Gasteiger partial charge is 0.0431 e. The van der Waals surface area contributed by atoms with Crippen LogP contribution in [0, 0.1) is 0 Å². The van der Waals surface area contributed by atoms with Crippen molar-refractivity contribution < 1.29 is 5.11 Å². The molecule has 0 fully saturated rings. The Labute approximate surface area is 118 Å². The summed E-state index contributed by atoms with van der Waals surface area (Å²) in [4.78, 5) is 0. The van der Waals surface area contributed by atoms with Gasteiger partial charge in [-0.15, -0.1) is 0 Å². The minimum absolute atomic E-state index is 0.328. The molecule has 1 atom stereocenters. The zero-order chi connectivity index (χ0) is 13.9. The fourth-order valence-corrected chi connectivity index (χ4v) is 2.38. The molecule has 0 amide bonds. The van der Waals surface area contributed by atoms with Crippen LogP contribution in [0.25, 0.3) is 0 Å². The Morgan fingerprint density at radius 1 is 1.21 bits per heavy atom. The van der Waals surface area contributed by atoms with E-state index in [4.69, 9.17) is 5.11 Å². The fourth-order valence-electron chi connectivity index (χ4n) is 2.38. The summed E-state index contributed by atoms with van der Waals surface area (Å²) in [7, 11) is 0. The van der Waals surface area contributed by atoms with Gasteiger partial charge in [-0.3, -0.25) is 0 Å². The summed E-state index contributed by atoms with van der Waals surface area (Å²) in [6, 6.07) is 2.74. The highest BCUT2D eigenvalue weighted by molar-refractivity contribution is 5.15. The van der Waals surface area contributed by atoms with Crippen molar-refractivity contribution in [3.63, 3.8) is 0 Å². The molecule has 1 aromatic rings. The van der Waals surface area contributed by atoms with Crippen molar-refractivity contribution in [1.82, 2.24) is 9.88 Å². The summed E-state index contributed by atoms with van der Waals surface area (Å²) >= 11 is 0. The molecule has 0 aliphatic carbocycles. The number of aryl methyl sites for hydroxylation is 1. The van der Waals surface area contributed by atoms with Gasteiger partial charge in [0, 0.05) is 31.6 Å². The zero-order valence-electron chi connectivity index (χ0n) is 12.6. The van der Waals surface area contributed by atoms with E-state index in [1.165, 1.54) is 24.8 Å². The highest BCUT2D eigenvalue weighted by atomic mass is 16.2. The quantitative estimate of drug-likeness (QED) is 0.602. The molecule has 0 aromatic carbocycles. The molecule has 0 radical (unpaired) electrons. The molecule has 1 rings (SSSR count). The van der Waals surface area contributed by atoms with Crippen LogP contribution in [-0.2, 0) is 6.54 Å². The van der Waals surface area contributed by atoms with E-state index in [1.807, 2.05) is 0 Å². The van der Waals surface area contributed by atoms with Crippen molar-refractivity contribution in [2.24, 2.45) is 0 Å². The van der Waals surface area contributed by atoms with Gasteiger partial charge in [0.2, 0.25) is 0 Å². The average molecular weight is 266 g/mol. The standard InChI is InChI=1S/C16H30N2O/c1-3-10-17-16(4-2)15-9-12-18(14-15)11-7-5-6-8-13-19/h9,12,14,16-17,19H,3-8,10-11,13H2,1-2H3. The Balaban J connectivity index is 2.33. The third kappa shape index (κ3) is 6.26. The van der Waals surface area contributed by atoms with Crippen LogP contribution in [0.3, 0.4) is 0 Å². The second kappa shape index (κ2) is 10.0. The Kier molecular flexibility index (Phi) is 8.59. The van der Waals surface area contributed by atoms with Gasteiger partial charge in [0.15, 0.2) is 0 Å². The van der Waals surface area contributed by atoms with Crippen LogP contribution < -0.4 is 5.32 Å². The predicted molar refractivity (Wildman–Crippen MR) is 81.3 cm³/mol. The number of nitrogens with one attached hydrogen (secondary N) is 1. The van der Waals surface area contributed by atoms with Crippen LogP contribution in [0.1, 0.15) is 64.0 Å². The number of aliphatic hydroxyl groups excluding tert-OH is 1. The van der Waals surface area contributed by atoms with Gasteiger partial charge in [-0.05, 0) is 43.9 Å². The number of aliphatic hydroxyl groups is 1. The van der Waals surface area contributed by atoms with Gasteiger partial charge >= 0.3 is 0 Å². The third-order valence-corrected chi connectivity index (χ3v) is 3.55. The molecule has 0 saturated heterocycles. The van der Waals surface area contributed by atoms with Crippen molar-refractivity contribution in [1.29, 1.82) is 0 Å². The molecule has 1 aromatic heterocycles. The lowest BCUT2D eigenvalue weighted by Crippen LogP contribution is -2.21. The van der Waals surface area contributed by atoms with Crippen molar-refractivity contribution in [2.45, 2.75) is 65.0 Å². The monoisotopic (exact) mass is 266 g/mol. The van der Waals surface area contributed by atoms with Gasteiger partial charge in [-0.25, -0.2) is 0 Å². The van der Waals surface area contributed by atoms with Crippen LogP contribution in [0.2, 0.25) is 0 Å². The normalized spacial score (nSPS) is 12.8. The average Bonchev–Trinajstić information content (AvgIpc) is 2.88. The first-order valence-corrected chi connectivity index (χ1v) is 7.81. The maximum atomic E-state index is 8.73. The second-order valence-corrected chi connectivity index (χ2v) is 5.24. The number of rotatable bonds is 11. The molecule has 3 nitrogen and oxygen atoms in total. The molecule has 0 saturated carbocycles. The molecular formula is C16H30N2O. The molecule has 1 heterocycles. The number of nitrogens with zero attached hydrogens (tertiary/aromatic N) is 1. The summed E-state index contributed by atoms with van der Waals surface area (Å²) in [5.74, 6) is 0. The first-order chi connectivity index (χ1) is 9.31. The zero-order valence-corrected chi connectivity index (χ0v) is 12.6. The minimum atomic E-state index is 0.328.